The molecule has 5 rings (SSSR count). The average Bonchev–Trinajstić information content (AvgIpc) is 3.47. The fourth-order valence-corrected chi connectivity index (χ4v) is 3.98. The average molecular weight is 431 g/mol. The van der Waals surface area contributed by atoms with Gasteiger partial charge in [-0.25, -0.2) is 14.3 Å². The molecule has 2 amide bonds. The molecule has 0 saturated carbocycles. The van der Waals surface area contributed by atoms with E-state index in [2.05, 4.69) is 36.7 Å². The highest BCUT2D eigenvalue weighted by Gasteiger charge is 2.17. The molecule has 0 aliphatic carbocycles. The van der Waals surface area contributed by atoms with E-state index < -0.39 is 0 Å². The second-order valence-corrected chi connectivity index (χ2v) is 8.25. The van der Waals surface area contributed by atoms with E-state index in [0.717, 1.165) is 59.7 Å². The van der Waals surface area contributed by atoms with Crippen molar-refractivity contribution in [1.82, 2.24) is 34.6 Å². The SMILES string of the molecule is CN(C)C(=O)Nc1cccc(-c2cnc3cc(-c4cnn(C5CCNCC5)c4)cnn23)c1. The monoisotopic (exact) mass is 430 g/mol. The van der Waals surface area contributed by atoms with E-state index in [1.165, 1.54) is 4.90 Å². The summed E-state index contributed by atoms with van der Waals surface area (Å²) in [5, 5.41) is 15.5. The summed E-state index contributed by atoms with van der Waals surface area (Å²) in [6.07, 6.45) is 9.84. The van der Waals surface area contributed by atoms with Gasteiger partial charge in [0.05, 0.1) is 30.3 Å². The van der Waals surface area contributed by atoms with Crippen LogP contribution in [0.1, 0.15) is 18.9 Å². The third kappa shape index (κ3) is 3.94. The zero-order valence-corrected chi connectivity index (χ0v) is 18.2. The third-order valence-electron chi connectivity index (χ3n) is 5.79. The number of carbonyl (C=O) groups excluding carboxylic acids is 1. The van der Waals surface area contributed by atoms with Gasteiger partial charge in [0.15, 0.2) is 5.65 Å². The molecule has 0 spiro atoms. The smallest absolute Gasteiger partial charge is 0.321 e. The first kappa shape index (κ1) is 20.2. The van der Waals surface area contributed by atoms with Crippen molar-refractivity contribution < 1.29 is 4.79 Å². The minimum Gasteiger partial charge on any atom is -0.331 e. The number of hydrogen-bond donors (Lipinski definition) is 2. The first-order valence-electron chi connectivity index (χ1n) is 10.8. The van der Waals surface area contributed by atoms with Gasteiger partial charge in [0, 0.05) is 42.7 Å². The maximum atomic E-state index is 12.0. The van der Waals surface area contributed by atoms with Crippen LogP contribution in [0.5, 0.6) is 0 Å². The highest BCUT2D eigenvalue weighted by Crippen LogP contribution is 2.27. The summed E-state index contributed by atoms with van der Waals surface area (Å²) in [6.45, 7) is 2.06. The largest absolute Gasteiger partial charge is 0.331 e. The van der Waals surface area contributed by atoms with Gasteiger partial charge in [0.25, 0.3) is 0 Å². The number of imidazole rings is 1. The molecule has 4 aromatic rings. The van der Waals surface area contributed by atoms with Crippen molar-refractivity contribution in [3.8, 4) is 22.4 Å². The number of aromatic nitrogens is 5. The summed E-state index contributed by atoms with van der Waals surface area (Å²) in [5.41, 5.74) is 5.29. The molecular formula is C23H26N8O. The van der Waals surface area contributed by atoms with Crippen LogP contribution >= 0.6 is 0 Å². The number of hydrogen-bond acceptors (Lipinski definition) is 5. The number of carbonyl (C=O) groups is 1. The summed E-state index contributed by atoms with van der Waals surface area (Å²) >= 11 is 0. The standard InChI is InChI=1S/C23H26N8O/c1-29(2)23(32)28-19-5-3-4-16(10-19)21-14-25-22-11-17(12-27-31(21)22)18-13-26-30(15-18)20-6-8-24-9-7-20/h3-5,10-15,20,24H,6-9H2,1-2H3,(H,28,32). The Morgan fingerprint density at radius 3 is 2.69 bits per heavy atom. The molecule has 9 nitrogen and oxygen atoms in total. The van der Waals surface area contributed by atoms with Crippen LogP contribution in [-0.2, 0) is 0 Å². The molecule has 0 radical (unpaired) electrons. The minimum absolute atomic E-state index is 0.173. The summed E-state index contributed by atoms with van der Waals surface area (Å²) in [5.74, 6) is 0. The fourth-order valence-electron chi connectivity index (χ4n) is 3.98. The van der Waals surface area contributed by atoms with Crippen LogP contribution < -0.4 is 10.6 Å². The van der Waals surface area contributed by atoms with Crippen LogP contribution in [-0.4, -0.2) is 62.5 Å². The Balaban J connectivity index is 1.41. The second-order valence-electron chi connectivity index (χ2n) is 8.25. The second kappa shape index (κ2) is 8.43. The first-order valence-corrected chi connectivity index (χ1v) is 10.8. The molecular weight excluding hydrogens is 404 g/mol. The maximum Gasteiger partial charge on any atom is 0.321 e. The fraction of sp³-hybridized carbons (Fsp3) is 0.304. The van der Waals surface area contributed by atoms with Crippen LogP contribution in [0.4, 0.5) is 10.5 Å². The molecule has 9 heteroatoms. The van der Waals surface area contributed by atoms with Crippen molar-refractivity contribution in [2.75, 3.05) is 32.5 Å². The van der Waals surface area contributed by atoms with Gasteiger partial charge in [0.1, 0.15) is 0 Å². The number of fused-ring (bicyclic) bond motifs is 1. The van der Waals surface area contributed by atoms with Crippen molar-refractivity contribution in [3.05, 3.63) is 55.1 Å². The normalized spacial score (nSPS) is 14.6. The van der Waals surface area contributed by atoms with E-state index in [1.807, 2.05) is 47.2 Å². The highest BCUT2D eigenvalue weighted by atomic mass is 16.2. The molecule has 164 valence electrons. The Hall–Kier alpha value is -3.72. The number of rotatable bonds is 4. The van der Waals surface area contributed by atoms with Gasteiger partial charge < -0.3 is 15.5 Å². The van der Waals surface area contributed by atoms with Crippen LogP contribution in [0.15, 0.2) is 55.1 Å². The van der Waals surface area contributed by atoms with Gasteiger partial charge >= 0.3 is 6.03 Å². The lowest BCUT2D eigenvalue weighted by molar-refractivity contribution is 0.230. The first-order chi connectivity index (χ1) is 15.6. The summed E-state index contributed by atoms with van der Waals surface area (Å²) in [7, 11) is 3.42. The van der Waals surface area contributed by atoms with Crippen molar-refractivity contribution in [2.45, 2.75) is 18.9 Å². The number of urea groups is 1. The van der Waals surface area contributed by atoms with Gasteiger partial charge in [0.2, 0.25) is 0 Å². The molecule has 4 heterocycles. The van der Waals surface area contributed by atoms with E-state index in [1.54, 1.807) is 20.3 Å². The Bertz CT molecular complexity index is 1250. The minimum atomic E-state index is -0.173. The predicted octanol–water partition coefficient (Wildman–Crippen LogP) is 3.28. The molecule has 1 aliphatic rings. The Morgan fingerprint density at radius 2 is 1.88 bits per heavy atom. The number of amides is 2. The maximum absolute atomic E-state index is 12.0. The van der Waals surface area contributed by atoms with E-state index in [4.69, 9.17) is 0 Å². The number of nitrogens with zero attached hydrogens (tertiary/aromatic N) is 6. The van der Waals surface area contributed by atoms with Crippen molar-refractivity contribution in [1.29, 1.82) is 0 Å². The molecule has 1 saturated heterocycles. The Kier molecular flexibility index (Phi) is 5.32. The number of anilines is 1. The van der Waals surface area contributed by atoms with E-state index in [9.17, 15) is 4.79 Å². The quantitative estimate of drug-likeness (QED) is 0.518. The molecule has 32 heavy (non-hydrogen) atoms. The van der Waals surface area contributed by atoms with Gasteiger partial charge in [-0.1, -0.05) is 12.1 Å². The molecule has 1 aromatic carbocycles. The van der Waals surface area contributed by atoms with Crippen molar-refractivity contribution in [2.24, 2.45) is 0 Å². The number of benzene rings is 1. The molecule has 0 unspecified atom stereocenters. The van der Waals surface area contributed by atoms with E-state index in [-0.39, 0.29) is 6.03 Å². The van der Waals surface area contributed by atoms with E-state index in [0.29, 0.717) is 6.04 Å². The highest BCUT2D eigenvalue weighted by molar-refractivity contribution is 5.89. The Labute approximate surface area is 186 Å². The lowest BCUT2D eigenvalue weighted by Crippen LogP contribution is -2.29. The third-order valence-corrected chi connectivity index (χ3v) is 5.79. The van der Waals surface area contributed by atoms with Crippen molar-refractivity contribution in [3.63, 3.8) is 0 Å². The molecule has 1 fully saturated rings. The van der Waals surface area contributed by atoms with Gasteiger partial charge in [-0.15, -0.1) is 0 Å². The summed E-state index contributed by atoms with van der Waals surface area (Å²) in [4.78, 5) is 18.0. The molecule has 0 atom stereocenters. The van der Waals surface area contributed by atoms with Gasteiger partial charge in [-0.05, 0) is 44.1 Å². The van der Waals surface area contributed by atoms with E-state index >= 15 is 0 Å². The van der Waals surface area contributed by atoms with Crippen LogP contribution in [0.25, 0.3) is 28.0 Å². The zero-order valence-electron chi connectivity index (χ0n) is 18.2. The van der Waals surface area contributed by atoms with Crippen molar-refractivity contribution >= 4 is 17.4 Å². The van der Waals surface area contributed by atoms with Gasteiger partial charge in [-0.2, -0.15) is 10.2 Å². The summed E-state index contributed by atoms with van der Waals surface area (Å²) in [6, 6.07) is 9.96. The number of piperidine rings is 1. The lowest BCUT2D eigenvalue weighted by atomic mass is 10.1. The lowest BCUT2D eigenvalue weighted by Gasteiger charge is -2.22. The van der Waals surface area contributed by atoms with Crippen LogP contribution in [0.3, 0.4) is 0 Å². The Morgan fingerprint density at radius 1 is 1.06 bits per heavy atom. The zero-order chi connectivity index (χ0) is 22.1. The predicted molar refractivity (Wildman–Crippen MR) is 123 cm³/mol. The molecule has 3 aromatic heterocycles. The molecule has 2 N–H and O–H groups in total. The summed E-state index contributed by atoms with van der Waals surface area (Å²) < 4.78 is 3.89. The topological polar surface area (TPSA) is 92.4 Å². The number of nitrogens with one attached hydrogen (secondary N) is 2. The molecule has 1 aliphatic heterocycles. The van der Waals surface area contributed by atoms with Gasteiger partial charge in [-0.3, -0.25) is 4.68 Å². The molecule has 0 bridgehead atoms. The van der Waals surface area contributed by atoms with Crippen LogP contribution in [0.2, 0.25) is 0 Å². The van der Waals surface area contributed by atoms with Crippen LogP contribution in [0, 0.1) is 0 Å².